The number of aromatic nitrogens is 2. The van der Waals surface area contributed by atoms with Crippen LogP contribution in [0.1, 0.15) is 42.5 Å². The average molecular weight is 295 g/mol. The average Bonchev–Trinajstić information content (AvgIpc) is 2.45. The fraction of sp³-hybridized carbons (Fsp3) is 0.538. The number of piperidine rings is 1. The van der Waals surface area contributed by atoms with Crippen LogP contribution in [0.3, 0.4) is 0 Å². The largest absolute Gasteiger partial charge is 0.481 e. The maximum absolute atomic E-state index is 12.4. The van der Waals surface area contributed by atoms with Gasteiger partial charge >= 0.3 is 11.7 Å². The third-order valence-corrected chi connectivity index (χ3v) is 3.63. The Balaban J connectivity index is 2.20. The van der Waals surface area contributed by atoms with Crippen molar-refractivity contribution in [3.05, 3.63) is 32.6 Å². The molecule has 0 unspecified atom stereocenters. The van der Waals surface area contributed by atoms with Gasteiger partial charge in [0.1, 0.15) is 5.56 Å². The lowest BCUT2D eigenvalue weighted by Gasteiger charge is -2.35. The number of amides is 1. The van der Waals surface area contributed by atoms with E-state index >= 15 is 0 Å². The van der Waals surface area contributed by atoms with Crippen LogP contribution in [0.15, 0.2) is 15.8 Å². The molecule has 0 aromatic carbocycles. The second-order valence-corrected chi connectivity index (χ2v) is 5.07. The quantitative estimate of drug-likeness (QED) is 0.717. The van der Waals surface area contributed by atoms with Gasteiger partial charge < -0.3 is 15.0 Å². The van der Waals surface area contributed by atoms with Crippen molar-refractivity contribution >= 4 is 11.9 Å². The van der Waals surface area contributed by atoms with Crippen LogP contribution in [0.5, 0.6) is 0 Å². The molecule has 1 aromatic rings. The Morgan fingerprint density at radius 2 is 2.10 bits per heavy atom. The molecule has 8 nitrogen and oxygen atoms in total. The molecule has 1 saturated heterocycles. The standard InChI is InChI=1S/C13H17N3O5/c17-10(18)5-4-8-3-1-2-6-16(8)12(20)9-7-14-13(21)15-11(9)19/h7-8H,1-6H2,(H,17,18)(H2,14,15,19,21)/t8-/m1/s1. The second kappa shape index (κ2) is 6.38. The number of carboxylic acid groups (broad SMARTS) is 1. The Morgan fingerprint density at radius 3 is 2.76 bits per heavy atom. The molecule has 1 fully saturated rings. The Bertz CT molecular complexity index is 648. The Labute approximate surface area is 119 Å². The van der Waals surface area contributed by atoms with Gasteiger partial charge in [0.25, 0.3) is 11.5 Å². The Morgan fingerprint density at radius 1 is 1.33 bits per heavy atom. The predicted molar refractivity (Wildman–Crippen MR) is 73.2 cm³/mol. The minimum Gasteiger partial charge on any atom is -0.481 e. The van der Waals surface area contributed by atoms with Gasteiger partial charge in [-0.2, -0.15) is 0 Å². The predicted octanol–water partition coefficient (Wildman–Crippen LogP) is -0.0773. The zero-order chi connectivity index (χ0) is 15.4. The number of aromatic amines is 2. The lowest BCUT2D eigenvalue weighted by atomic mass is 9.97. The number of H-pyrrole nitrogens is 2. The van der Waals surface area contributed by atoms with E-state index in [0.29, 0.717) is 13.0 Å². The maximum Gasteiger partial charge on any atom is 0.325 e. The lowest BCUT2D eigenvalue weighted by Crippen LogP contribution is -2.46. The van der Waals surface area contributed by atoms with Crippen molar-refractivity contribution in [2.75, 3.05) is 6.54 Å². The van der Waals surface area contributed by atoms with E-state index in [2.05, 4.69) is 4.98 Å². The topological polar surface area (TPSA) is 123 Å². The maximum atomic E-state index is 12.4. The zero-order valence-corrected chi connectivity index (χ0v) is 11.4. The molecular formula is C13H17N3O5. The number of hydrogen-bond acceptors (Lipinski definition) is 4. The number of carbonyl (C=O) groups excluding carboxylic acids is 1. The zero-order valence-electron chi connectivity index (χ0n) is 11.4. The highest BCUT2D eigenvalue weighted by Crippen LogP contribution is 2.22. The van der Waals surface area contributed by atoms with Crippen molar-refractivity contribution in [1.82, 2.24) is 14.9 Å². The van der Waals surface area contributed by atoms with Crippen LogP contribution in [0.4, 0.5) is 0 Å². The van der Waals surface area contributed by atoms with E-state index in [1.807, 2.05) is 4.98 Å². The molecule has 3 N–H and O–H groups in total. The van der Waals surface area contributed by atoms with Gasteiger partial charge in [0.05, 0.1) is 0 Å². The van der Waals surface area contributed by atoms with E-state index in [-0.39, 0.29) is 18.0 Å². The van der Waals surface area contributed by atoms with Gasteiger partial charge in [0, 0.05) is 25.2 Å². The van der Waals surface area contributed by atoms with Crippen molar-refractivity contribution in [2.45, 2.75) is 38.1 Å². The molecule has 21 heavy (non-hydrogen) atoms. The number of carboxylic acids is 1. The number of rotatable bonds is 4. The third-order valence-electron chi connectivity index (χ3n) is 3.63. The molecule has 8 heteroatoms. The van der Waals surface area contributed by atoms with E-state index < -0.39 is 23.1 Å². The lowest BCUT2D eigenvalue weighted by molar-refractivity contribution is -0.137. The summed E-state index contributed by atoms with van der Waals surface area (Å²) in [6, 6.07) is -0.186. The SMILES string of the molecule is O=C(O)CC[C@H]1CCCCN1C(=O)c1c[nH]c(=O)[nH]c1=O. The first kappa shape index (κ1) is 15.0. The molecule has 2 rings (SSSR count). The molecule has 1 atom stereocenters. The summed E-state index contributed by atoms with van der Waals surface area (Å²) in [7, 11) is 0. The third kappa shape index (κ3) is 3.59. The van der Waals surface area contributed by atoms with Crippen LogP contribution >= 0.6 is 0 Å². The Hall–Kier alpha value is -2.38. The molecule has 114 valence electrons. The van der Waals surface area contributed by atoms with Crippen molar-refractivity contribution in [1.29, 1.82) is 0 Å². The summed E-state index contributed by atoms with van der Waals surface area (Å²) in [5, 5.41) is 8.76. The molecule has 1 aromatic heterocycles. The summed E-state index contributed by atoms with van der Waals surface area (Å²) in [6.45, 7) is 0.488. The fourth-order valence-corrected chi connectivity index (χ4v) is 2.58. The van der Waals surface area contributed by atoms with Crippen molar-refractivity contribution in [2.24, 2.45) is 0 Å². The Kier molecular flexibility index (Phi) is 4.56. The van der Waals surface area contributed by atoms with Gasteiger partial charge in [0.15, 0.2) is 0 Å². The van der Waals surface area contributed by atoms with E-state index in [0.717, 1.165) is 25.5 Å². The van der Waals surface area contributed by atoms with Crippen LogP contribution in [-0.4, -0.2) is 44.4 Å². The smallest absolute Gasteiger partial charge is 0.325 e. The normalized spacial score (nSPS) is 18.5. The number of likely N-dealkylation sites (tertiary alicyclic amines) is 1. The highest BCUT2D eigenvalue weighted by Gasteiger charge is 2.29. The molecule has 0 aliphatic carbocycles. The molecule has 0 saturated carbocycles. The molecule has 1 aliphatic rings. The van der Waals surface area contributed by atoms with E-state index in [1.165, 1.54) is 4.90 Å². The number of aliphatic carboxylic acids is 1. The van der Waals surface area contributed by atoms with Crippen molar-refractivity contribution < 1.29 is 14.7 Å². The van der Waals surface area contributed by atoms with Gasteiger partial charge in [-0.1, -0.05) is 0 Å². The van der Waals surface area contributed by atoms with Crippen LogP contribution in [-0.2, 0) is 4.79 Å². The molecule has 0 spiro atoms. The van der Waals surface area contributed by atoms with E-state index in [4.69, 9.17) is 5.11 Å². The highest BCUT2D eigenvalue weighted by molar-refractivity contribution is 5.93. The first-order valence-electron chi connectivity index (χ1n) is 6.84. The van der Waals surface area contributed by atoms with Crippen LogP contribution < -0.4 is 11.2 Å². The summed E-state index contributed by atoms with van der Waals surface area (Å²) in [4.78, 5) is 51.6. The summed E-state index contributed by atoms with van der Waals surface area (Å²) >= 11 is 0. The van der Waals surface area contributed by atoms with Crippen molar-refractivity contribution in [3.63, 3.8) is 0 Å². The summed E-state index contributed by atoms with van der Waals surface area (Å²) < 4.78 is 0. The van der Waals surface area contributed by atoms with Crippen LogP contribution in [0.2, 0.25) is 0 Å². The van der Waals surface area contributed by atoms with Gasteiger partial charge in [-0.25, -0.2) is 4.79 Å². The number of carbonyl (C=O) groups is 2. The molecule has 2 heterocycles. The monoisotopic (exact) mass is 295 g/mol. The number of hydrogen-bond donors (Lipinski definition) is 3. The molecule has 0 bridgehead atoms. The van der Waals surface area contributed by atoms with Crippen LogP contribution in [0.25, 0.3) is 0 Å². The van der Waals surface area contributed by atoms with Gasteiger partial charge in [-0.15, -0.1) is 0 Å². The fourth-order valence-electron chi connectivity index (χ4n) is 2.58. The number of nitrogens with zero attached hydrogens (tertiary/aromatic N) is 1. The van der Waals surface area contributed by atoms with E-state index in [9.17, 15) is 19.2 Å². The first-order chi connectivity index (χ1) is 9.99. The van der Waals surface area contributed by atoms with Gasteiger partial charge in [-0.05, 0) is 25.7 Å². The molecule has 0 radical (unpaired) electrons. The number of nitrogens with one attached hydrogen (secondary N) is 2. The minimum atomic E-state index is -0.908. The first-order valence-corrected chi connectivity index (χ1v) is 6.84. The van der Waals surface area contributed by atoms with E-state index in [1.54, 1.807) is 0 Å². The second-order valence-electron chi connectivity index (χ2n) is 5.07. The summed E-state index contributed by atoms with van der Waals surface area (Å²) in [5.41, 5.74) is -1.53. The molecule has 1 amide bonds. The minimum absolute atomic E-state index is 0.0174. The highest BCUT2D eigenvalue weighted by atomic mass is 16.4. The summed E-state index contributed by atoms with van der Waals surface area (Å²) in [5.74, 6) is -1.38. The molecule has 1 aliphatic heterocycles. The summed E-state index contributed by atoms with van der Waals surface area (Å²) in [6.07, 6.45) is 3.91. The van der Waals surface area contributed by atoms with Gasteiger partial charge in [-0.3, -0.25) is 19.4 Å². The van der Waals surface area contributed by atoms with Crippen LogP contribution in [0, 0.1) is 0 Å². The molecular weight excluding hydrogens is 278 g/mol. The van der Waals surface area contributed by atoms with Crippen molar-refractivity contribution in [3.8, 4) is 0 Å². The van der Waals surface area contributed by atoms with Gasteiger partial charge in [0.2, 0.25) is 0 Å².